The quantitative estimate of drug-likeness (QED) is 0.730. The molecule has 0 radical (unpaired) electrons. The minimum atomic E-state index is -0.103. The van der Waals surface area contributed by atoms with Crippen LogP contribution >= 0.6 is 0 Å². The number of furan rings is 1. The Kier molecular flexibility index (Phi) is 5.81. The minimum Gasteiger partial charge on any atom is -0.459 e. The molecule has 0 aliphatic heterocycles. The number of hydrogen-bond donors (Lipinski definition) is 2. The Morgan fingerprint density at radius 2 is 2.00 bits per heavy atom. The van der Waals surface area contributed by atoms with E-state index in [0.29, 0.717) is 6.42 Å². The zero-order valence-electron chi connectivity index (χ0n) is 12.6. The fourth-order valence-corrected chi connectivity index (χ4v) is 2.38. The molecule has 1 amide bonds. The van der Waals surface area contributed by atoms with Gasteiger partial charge in [0.05, 0.1) is 6.04 Å². The molecular weight excluding hydrogens is 264 g/mol. The van der Waals surface area contributed by atoms with Gasteiger partial charge >= 0.3 is 0 Å². The van der Waals surface area contributed by atoms with Crippen LogP contribution in [0.4, 0.5) is 0 Å². The second-order valence-electron chi connectivity index (χ2n) is 5.43. The third kappa shape index (κ3) is 4.60. The van der Waals surface area contributed by atoms with Gasteiger partial charge in [-0.15, -0.1) is 0 Å². The van der Waals surface area contributed by atoms with Crippen molar-refractivity contribution in [3.63, 3.8) is 0 Å². The van der Waals surface area contributed by atoms with E-state index in [4.69, 9.17) is 10.2 Å². The third-order valence-corrected chi connectivity index (χ3v) is 3.61. The van der Waals surface area contributed by atoms with E-state index in [9.17, 15) is 4.79 Å². The predicted octanol–water partition coefficient (Wildman–Crippen LogP) is 3.52. The van der Waals surface area contributed by atoms with Gasteiger partial charge in [-0.1, -0.05) is 31.0 Å². The number of benzene rings is 1. The number of nitrogens with two attached hydrogens (primary N) is 1. The monoisotopic (exact) mass is 288 g/mol. The van der Waals surface area contributed by atoms with Crippen LogP contribution in [0, 0.1) is 0 Å². The smallest absolute Gasteiger partial charge is 0.220 e. The van der Waals surface area contributed by atoms with Gasteiger partial charge in [-0.05, 0) is 38.4 Å². The Labute approximate surface area is 125 Å². The summed E-state index contributed by atoms with van der Waals surface area (Å²) in [5, 5.41) is 4.06. The molecule has 1 aromatic carbocycles. The van der Waals surface area contributed by atoms with E-state index in [1.807, 2.05) is 37.3 Å². The largest absolute Gasteiger partial charge is 0.459 e. The lowest BCUT2D eigenvalue weighted by Gasteiger charge is -2.11. The van der Waals surface area contributed by atoms with E-state index < -0.39 is 0 Å². The molecule has 2 rings (SSSR count). The summed E-state index contributed by atoms with van der Waals surface area (Å²) in [7, 11) is 0. The summed E-state index contributed by atoms with van der Waals surface area (Å²) in [6.45, 7) is 2.68. The molecule has 0 fully saturated rings. The zero-order valence-corrected chi connectivity index (χ0v) is 12.6. The van der Waals surface area contributed by atoms with Gasteiger partial charge < -0.3 is 15.5 Å². The van der Waals surface area contributed by atoms with Crippen LogP contribution in [0.2, 0.25) is 0 Å². The van der Waals surface area contributed by atoms with E-state index in [0.717, 1.165) is 49.0 Å². The van der Waals surface area contributed by atoms with Gasteiger partial charge in [0.25, 0.3) is 0 Å². The Morgan fingerprint density at radius 3 is 2.76 bits per heavy atom. The topological polar surface area (TPSA) is 68.3 Å². The molecule has 0 saturated carbocycles. The first-order valence-corrected chi connectivity index (χ1v) is 7.68. The maximum absolute atomic E-state index is 11.9. The van der Waals surface area contributed by atoms with Gasteiger partial charge in [-0.3, -0.25) is 4.79 Å². The van der Waals surface area contributed by atoms with E-state index >= 15 is 0 Å². The third-order valence-electron chi connectivity index (χ3n) is 3.61. The van der Waals surface area contributed by atoms with Gasteiger partial charge in [-0.2, -0.15) is 0 Å². The van der Waals surface area contributed by atoms with E-state index in [-0.39, 0.29) is 11.9 Å². The van der Waals surface area contributed by atoms with Gasteiger partial charge in [-0.25, -0.2) is 0 Å². The van der Waals surface area contributed by atoms with Gasteiger partial charge in [0, 0.05) is 11.8 Å². The number of rotatable bonds is 8. The fraction of sp³-hybridized carbons (Fsp3) is 0.471. The molecule has 4 heteroatoms. The number of nitrogens with one attached hydrogen (secondary N) is 1. The maximum atomic E-state index is 11.9. The summed E-state index contributed by atoms with van der Waals surface area (Å²) < 4.78 is 5.76. The molecule has 114 valence electrons. The van der Waals surface area contributed by atoms with Crippen LogP contribution in [-0.2, 0) is 4.79 Å². The van der Waals surface area contributed by atoms with E-state index in [1.165, 1.54) is 0 Å². The predicted molar refractivity (Wildman–Crippen MR) is 84.9 cm³/mol. The summed E-state index contributed by atoms with van der Waals surface area (Å²) in [4.78, 5) is 11.9. The lowest BCUT2D eigenvalue weighted by Crippen LogP contribution is -2.25. The Balaban J connectivity index is 1.80. The first kappa shape index (κ1) is 15.6. The normalized spacial score (nSPS) is 12.5. The average Bonchev–Trinajstić information content (AvgIpc) is 2.91. The van der Waals surface area contributed by atoms with E-state index in [1.54, 1.807) is 0 Å². The van der Waals surface area contributed by atoms with Crippen LogP contribution in [0.3, 0.4) is 0 Å². The lowest BCUT2D eigenvalue weighted by atomic mass is 10.1. The molecule has 1 aromatic heterocycles. The molecule has 21 heavy (non-hydrogen) atoms. The maximum Gasteiger partial charge on any atom is 0.220 e. The van der Waals surface area contributed by atoms with Crippen molar-refractivity contribution >= 4 is 16.9 Å². The van der Waals surface area contributed by atoms with Gasteiger partial charge in [0.1, 0.15) is 11.3 Å². The number of hydrogen-bond acceptors (Lipinski definition) is 3. The molecule has 1 heterocycles. The summed E-state index contributed by atoms with van der Waals surface area (Å²) in [5.41, 5.74) is 6.30. The summed E-state index contributed by atoms with van der Waals surface area (Å²) in [6, 6.07) is 9.75. The SMILES string of the molecule is CC(NC(=O)CCCCCCN)c1cc2ccccc2o1. The highest BCUT2D eigenvalue weighted by Gasteiger charge is 2.13. The van der Waals surface area contributed by atoms with Gasteiger partial charge in [0.2, 0.25) is 5.91 Å². The number of fused-ring (bicyclic) bond motifs is 1. The summed E-state index contributed by atoms with van der Waals surface area (Å²) in [6.07, 6.45) is 4.68. The molecule has 0 aliphatic rings. The molecule has 0 spiro atoms. The molecule has 0 bridgehead atoms. The van der Waals surface area contributed by atoms with Crippen molar-refractivity contribution in [1.82, 2.24) is 5.32 Å². The highest BCUT2D eigenvalue weighted by Crippen LogP contribution is 2.23. The number of unbranched alkanes of at least 4 members (excludes halogenated alkanes) is 3. The van der Waals surface area contributed by atoms with Crippen molar-refractivity contribution in [3.8, 4) is 0 Å². The molecule has 0 aliphatic carbocycles. The summed E-state index contributed by atoms with van der Waals surface area (Å²) >= 11 is 0. The molecule has 0 saturated heterocycles. The van der Waals surface area contributed by atoms with Crippen LogP contribution in [-0.4, -0.2) is 12.5 Å². The van der Waals surface area contributed by atoms with Gasteiger partial charge in [0.15, 0.2) is 0 Å². The van der Waals surface area contributed by atoms with Crippen molar-refractivity contribution in [2.75, 3.05) is 6.54 Å². The number of carbonyl (C=O) groups is 1. The van der Waals surface area contributed by atoms with Crippen LogP contribution in [0.25, 0.3) is 11.0 Å². The molecule has 1 unspecified atom stereocenters. The van der Waals surface area contributed by atoms with Crippen LogP contribution in [0.1, 0.15) is 50.8 Å². The molecule has 2 aromatic rings. The number of carbonyl (C=O) groups excluding carboxylic acids is 1. The second-order valence-corrected chi connectivity index (χ2v) is 5.43. The minimum absolute atomic E-state index is 0.0794. The first-order valence-electron chi connectivity index (χ1n) is 7.68. The van der Waals surface area contributed by atoms with Crippen molar-refractivity contribution in [3.05, 3.63) is 36.1 Å². The highest BCUT2D eigenvalue weighted by atomic mass is 16.3. The number of para-hydroxylation sites is 1. The van der Waals surface area contributed by atoms with Crippen molar-refractivity contribution in [2.24, 2.45) is 5.73 Å². The molecule has 1 atom stereocenters. The first-order chi connectivity index (χ1) is 10.2. The Bertz CT molecular complexity index is 544. The number of amides is 1. The second kappa shape index (κ2) is 7.84. The lowest BCUT2D eigenvalue weighted by molar-refractivity contribution is -0.121. The molecular formula is C17H24N2O2. The van der Waals surface area contributed by atoms with Crippen molar-refractivity contribution in [2.45, 2.75) is 45.1 Å². The fourth-order valence-electron chi connectivity index (χ4n) is 2.38. The zero-order chi connectivity index (χ0) is 15.1. The molecule has 3 N–H and O–H groups in total. The Morgan fingerprint density at radius 1 is 1.24 bits per heavy atom. The van der Waals surface area contributed by atoms with Crippen LogP contribution < -0.4 is 11.1 Å². The highest BCUT2D eigenvalue weighted by molar-refractivity contribution is 5.79. The van der Waals surface area contributed by atoms with Crippen LogP contribution in [0.5, 0.6) is 0 Å². The van der Waals surface area contributed by atoms with Crippen molar-refractivity contribution in [1.29, 1.82) is 0 Å². The van der Waals surface area contributed by atoms with Crippen LogP contribution in [0.15, 0.2) is 34.7 Å². The summed E-state index contributed by atoms with van der Waals surface area (Å²) in [5.74, 6) is 0.878. The van der Waals surface area contributed by atoms with E-state index in [2.05, 4.69) is 5.32 Å². The Hall–Kier alpha value is -1.81. The van der Waals surface area contributed by atoms with Crippen molar-refractivity contribution < 1.29 is 9.21 Å². The standard InChI is InChI=1S/C17H24N2O2/c1-13(19-17(20)10-4-2-3-7-11-18)16-12-14-8-5-6-9-15(14)21-16/h5-6,8-9,12-13H,2-4,7,10-11,18H2,1H3,(H,19,20). The molecule has 4 nitrogen and oxygen atoms in total. The average molecular weight is 288 g/mol.